The predicted molar refractivity (Wildman–Crippen MR) is 82.0 cm³/mol. The monoisotopic (exact) mass is 329 g/mol. The van der Waals surface area contributed by atoms with Crippen LogP contribution in [-0.4, -0.2) is 49.3 Å². The molecule has 100 valence electrons. The average molecular weight is 330 g/mol. The Bertz CT molecular complexity index is 388. The zero-order valence-corrected chi connectivity index (χ0v) is 13.3. The molecule has 4 heteroatoms. The van der Waals surface area contributed by atoms with Gasteiger partial charge >= 0.3 is 0 Å². The van der Waals surface area contributed by atoms with E-state index in [-0.39, 0.29) is 0 Å². The number of halogens is 1. The van der Waals surface area contributed by atoms with Crippen LogP contribution in [0.4, 0.5) is 0 Å². The molecule has 0 saturated carbocycles. The summed E-state index contributed by atoms with van der Waals surface area (Å²) in [7, 11) is 3.94. The van der Waals surface area contributed by atoms with E-state index in [1.165, 1.54) is 16.2 Å². The van der Waals surface area contributed by atoms with E-state index in [1.54, 1.807) is 7.11 Å². The highest BCUT2D eigenvalue weighted by atomic mass is 79.9. The van der Waals surface area contributed by atoms with Crippen LogP contribution in [0.5, 0.6) is 0 Å². The van der Waals surface area contributed by atoms with Crippen molar-refractivity contribution in [3.63, 3.8) is 0 Å². The van der Waals surface area contributed by atoms with Crippen LogP contribution in [-0.2, 0) is 4.74 Å². The van der Waals surface area contributed by atoms with Crippen molar-refractivity contribution in [1.29, 1.82) is 0 Å². The van der Waals surface area contributed by atoms with Crippen LogP contribution in [0.2, 0.25) is 0 Å². The summed E-state index contributed by atoms with van der Waals surface area (Å²) >= 11 is 5.63. The summed E-state index contributed by atoms with van der Waals surface area (Å²) in [5.41, 5.74) is 1.52. The van der Waals surface area contributed by atoms with Crippen LogP contribution in [0, 0.1) is 0 Å². The lowest BCUT2D eigenvalue weighted by molar-refractivity contribution is 0.185. The summed E-state index contributed by atoms with van der Waals surface area (Å²) in [6.07, 6.45) is 0. The lowest BCUT2D eigenvalue weighted by Crippen LogP contribution is -2.32. The Morgan fingerprint density at radius 2 is 2.28 bits per heavy atom. The number of fused-ring (bicyclic) bond motifs is 1. The van der Waals surface area contributed by atoms with Crippen molar-refractivity contribution in [2.24, 2.45) is 0 Å². The first-order valence-corrected chi connectivity index (χ1v) is 8.14. The molecule has 0 amide bonds. The Kier molecular flexibility index (Phi) is 5.55. The molecule has 0 aromatic heterocycles. The molecule has 0 N–H and O–H groups in total. The largest absolute Gasteiger partial charge is 0.383 e. The molecule has 0 spiro atoms. The quantitative estimate of drug-likeness (QED) is 0.743. The second kappa shape index (κ2) is 6.94. The maximum atomic E-state index is 5.15. The molecule has 0 saturated heterocycles. The Labute approximate surface area is 122 Å². The van der Waals surface area contributed by atoms with Gasteiger partial charge in [-0.2, -0.15) is 0 Å². The van der Waals surface area contributed by atoms with Gasteiger partial charge < -0.3 is 9.64 Å². The Balaban J connectivity index is 1.87. The fourth-order valence-electron chi connectivity index (χ4n) is 2.40. The molecule has 1 aliphatic rings. The fraction of sp³-hybridized carbons (Fsp3) is 0.571. The first kappa shape index (κ1) is 14.4. The molecule has 1 aliphatic heterocycles. The van der Waals surface area contributed by atoms with Gasteiger partial charge in [0.15, 0.2) is 0 Å². The number of rotatable bonds is 6. The highest BCUT2D eigenvalue weighted by Crippen LogP contribution is 2.39. The SMILES string of the molecule is COCC(Br)CN(C)CC1CSc2ccccc21. The molecule has 1 aromatic carbocycles. The molecule has 0 bridgehead atoms. The minimum absolute atomic E-state index is 0.414. The molecule has 1 heterocycles. The molecule has 0 aliphatic carbocycles. The molecule has 2 nitrogen and oxygen atoms in total. The van der Waals surface area contributed by atoms with Gasteiger partial charge in [-0.25, -0.2) is 0 Å². The lowest BCUT2D eigenvalue weighted by Gasteiger charge is -2.23. The lowest BCUT2D eigenvalue weighted by atomic mass is 10.0. The van der Waals surface area contributed by atoms with Gasteiger partial charge in [-0.05, 0) is 18.7 Å². The fourth-order valence-corrected chi connectivity index (χ4v) is 4.40. The third kappa shape index (κ3) is 3.73. The number of ether oxygens (including phenoxy) is 1. The number of benzene rings is 1. The predicted octanol–water partition coefficient (Wildman–Crippen LogP) is 3.22. The molecule has 2 atom stereocenters. The normalized spacial score (nSPS) is 20.1. The second-order valence-corrected chi connectivity index (χ2v) is 7.18. The summed E-state index contributed by atoms with van der Waals surface area (Å²) < 4.78 is 5.15. The molecule has 1 aromatic rings. The number of methoxy groups -OCH3 is 1. The van der Waals surface area contributed by atoms with Gasteiger partial charge in [-0.1, -0.05) is 34.1 Å². The first-order valence-electron chi connectivity index (χ1n) is 6.24. The summed E-state index contributed by atoms with van der Waals surface area (Å²) in [5.74, 6) is 1.87. The van der Waals surface area contributed by atoms with Gasteiger partial charge in [0.25, 0.3) is 0 Å². The molecule has 0 fully saturated rings. The number of thioether (sulfide) groups is 1. The Morgan fingerprint density at radius 3 is 3.06 bits per heavy atom. The smallest absolute Gasteiger partial charge is 0.0600 e. The van der Waals surface area contributed by atoms with Crippen molar-refractivity contribution in [2.75, 3.05) is 39.6 Å². The Hall–Kier alpha value is -0.0300. The summed E-state index contributed by atoms with van der Waals surface area (Å²) in [5, 5.41) is 0. The Morgan fingerprint density at radius 1 is 1.50 bits per heavy atom. The number of hydrogen-bond donors (Lipinski definition) is 0. The van der Waals surface area contributed by atoms with E-state index in [0.29, 0.717) is 10.7 Å². The zero-order valence-electron chi connectivity index (χ0n) is 10.9. The third-order valence-electron chi connectivity index (χ3n) is 3.19. The molecular formula is C14H20BrNOS. The van der Waals surface area contributed by atoms with Crippen molar-refractivity contribution in [3.05, 3.63) is 29.8 Å². The van der Waals surface area contributed by atoms with E-state index in [1.807, 2.05) is 11.8 Å². The minimum atomic E-state index is 0.414. The van der Waals surface area contributed by atoms with Gasteiger partial charge in [-0.15, -0.1) is 11.8 Å². The van der Waals surface area contributed by atoms with Gasteiger partial charge in [0.2, 0.25) is 0 Å². The van der Waals surface area contributed by atoms with Crippen molar-refractivity contribution in [2.45, 2.75) is 15.6 Å². The van der Waals surface area contributed by atoms with Crippen molar-refractivity contribution in [3.8, 4) is 0 Å². The molecule has 18 heavy (non-hydrogen) atoms. The van der Waals surface area contributed by atoms with Crippen LogP contribution in [0.3, 0.4) is 0 Å². The highest BCUT2D eigenvalue weighted by Gasteiger charge is 2.24. The average Bonchev–Trinajstić information content (AvgIpc) is 2.73. The maximum absolute atomic E-state index is 5.15. The zero-order chi connectivity index (χ0) is 13.0. The summed E-state index contributed by atoms with van der Waals surface area (Å²) in [6, 6.07) is 8.79. The summed E-state index contributed by atoms with van der Waals surface area (Å²) in [4.78, 5) is 4.27. The van der Waals surface area contributed by atoms with E-state index >= 15 is 0 Å². The number of hydrogen-bond acceptors (Lipinski definition) is 3. The van der Waals surface area contributed by atoms with Crippen LogP contribution >= 0.6 is 27.7 Å². The van der Waals surface area contributed by atoms with Crippen LogP contribution in [0.15, 0.2) is 29.2 Å². The van der Waals surface area contributed by atoms with E-state index in [2.05, 4.69) is 52.1 Å². The second-order valence-electron chi connectivity index (χ2n) is 4.82. The van der Waals surface area contributed by atoms with Crippen LogP contribution < -0.4 is 0 Å². The first-order chi connectivity index (χ1) is 8.70. The van der Waals surface area contributed by atoms with E-state index in [0.717, 1.165) is 19.7 Å². The van der Waals surface area contributed by atoms with Crippen molar-refractivity contribution in [1.82, 2.24) is 4.90 Å². The molecule has 0 radical (unpaired) electrons. The third-order valence-corrected chi connectivity index (χ3v) is 4.99. The topological polar surface area (TPSA) is 12.5 Å². The van der Waals surface area contributed by atoms with Gasteiger partial charge in [0.05, 0.1) is 11.4 Å². The van der Waals surface area contributed by atoms with Gasteiger partial charge in [0.1, 0.15) is 0 Å². The van der Waals surface area contributed by atoms with Gasteiger partial charge in [0, 0.05) is 36.8 Å². The van der Waals surface area contributed by atoms with Crippen molar-refractivity contribution < 1.29 is 4.74 Å². The van der Waals surface area contributed by atoms with Crippen molar-refractivity contribution >= 4 is 27.7 Å². The summed E-state index contributed by atoms with van der Waals surface area (Å²) in [6.45, 7) is 2.91. The van der Waals surface area contributed by atoms with E-state index in [4.69, 9.17) is 4.74 Å². The van der Waals surface area contributed by atoms with Crippen LogP contribution in [0.1, 0.15) is 11.5 Å². The number of likely N-dealkylation sites (N-methyl/N-ethyl adjacent to an activating group) is 1. The standard InChI is InChI=1S/C14H20BrNOS/c1-16(8-12(15)9-17-2)7-11-10-18-14-6-4-3-5-13(11)14/h3-6,11-12H,7-10H2,1-2H3. The minimum Gasteiger partial charge on any atom is -0.383 e. The molecule has 2 unspecified atom stereocenters. The van der Waals surface area contributed by atoms with E-state index in [9.17, 15) is 0 Å². The molecular weight excluding hydrogens is 310 g/mol. The van der Waals surface area contributed by atoms with Gasteiger partial charge in [-0.3, -0.25) is 0 Å². The highest BCUT2D eigenvalue weighted by molar-refractivity contribution is 9.09. The molecule has 2 rings (SSSR count). The number of nitrogens with zero attached hydrogens (tertiary/aromatic N) is 1. The van der Waals surface area contributed by atoms with Crippen LogP contribution in [0.25, 0.3) is 0 Å². The maximum Gasteiger partial charge on any atom is 0.0600 e. The van der Waals surface area contributed by atoms with E-state index < -0.39 is 0 Å². The number of alkyl halides is 1.